The molecule has 0 aliphatic heterocycles. The summed E-state index contributed by atoms with van der Waals surface area (Å²) >= 11 is 0. The topological polar surface area (TPSA) is 67.4 Å². The van der Waals surface area contributed by atoms with E-state index in [0.29, 0.717) is 0 Å². The molecule has 0 saturated heterocycles. The van der Waals surface area contributed by atoms with Crippen molar-refractivity contribution < 1.29 is 27.5 Å². The molecule has 1 atom stereocenters. The number of hydrogen-bond donors (Lipinski definition) is 2. The van der Waals surface area contributed by atoms with E-state index in [1.807, 2.05) is 0 Å². The van der Waals surface area contributed by atoms with Gasteiger partial charge in [-0.3, -0.25) is 9.59 Å². The number of hydrogen-bond acceptors (Lipinski definition) is 3. The fourth-order valence-corrected chi connectivity index (χ4v) is 2.43. The lowest BCUT2D eigenvalue weighted by Crippen LogP contribution is -2.47. The second kappa shape index (κ2) is 8.57. The number of halogens is 3. The summed E-state index contributed by atoms with van der Waals surface area (Å²) in [6.07, 6.45) is 0. The van der Waals surface area contributed by atoms with Gasteiger partial charge in [-0.1, -0.05) is 19.9 Å². The number of rotatable bonds is 6. The Morgan fingerprint density at radius 3 is 2.15 bits per heavy atom. The zero-order valence-corrected chi connectivity index (χ0v) is 15.0. The number of methoxy groups -OCH3 is 1. The number of ether oxygens (including phenoxy) is 1. The highest BCUT2D eigenvalue weighted by Gasteiger charge is 2.27. The van der Waals surface area contributed by atoms with Gasteiger partial charge in [-0.15, -0.1) is 0 Å². The molecule has 2 N–H and O–H groups in total. The van der Waals surface area contributed by atoms with E-state index in [4.69, 9.17) is 4.74 Å². The Kier molecular flexibility index (Phi) is 6.44. The van der Waals surface area contributed by atoms with Crippen molar-refractivity contribution in [3.63, 3.8) is 0 Å². The van der Waals surface area contributed by atoms with Crippen molar-refractivity contribution >= 4 is 17.5 Å². The van der Waals surface area contributed by atoms with Crippen LogP contribution in [-0.4, -0.2) is 25.0 Å². The van der Waals surface area contributed by atoms with Crippen LogP contribution in [0, 0.1) is 23.4 Å². The average molecular weight is 380 g/mol. The maximum Gasteiger partial charge on any atom is 0.257 e. The Labute approximate surface area is 154 Å². The smallest absolute Gasteiger partial charge is 0.257 e. The van der Waals surface area contributed by atoms with Gasteiger partial charge in [0, 0.05) is 11.8 Å². The molecule has 2 rings (SSSR count). The van der Waals surface area contributed by atoms with E-state index in [1.165, 1.54) is 19.2 Å². The summed E-state index contributed by atoms with van der Waals surface area (Å²) in [5, 5.41) is 4.79. The number of amides is 2. The van der Waals surface area contributed by atoms with E-state index < -0.39 is 46.8 Å². The monoisotopic (exact) mass is 380 g/mol. The first-order chi connectivity index (χ1) is 12.7. The zero-order valence-electron chi connectivity index (χ0n) is 15.0. The largest absolute Gasteiger partial charge is 0.494 e. The normalized spacial score (nSPS) is 11.8. The number of carbonyl (C=O) groups is 2. The van der Waals surface area contributed by atoms with Gasteiger partial charge < -0.3 is 15.4 Å². The third-order valence-corrected chi connectivity index (χ3v) is 3.84. The van der Waals surface area contributed by atoms with Gasteiger partial charge >= 0.3 is 0 Å². The molecule has 8 heteroatoms. The summed E-state index contributed by atoms with van der Waals surface area (Å²) in [7, 11) is 1.31. The molecule has 0 fully saturated rings. The third-order valence-electron chi connectivity index (χ3n) is 3.84. The third kappa shape index (κ3) is 4.78. The highest BCUT2D eigenvalue weighted by Crippen LogP contribution is 2.21. The molecule has 2 amide bonds. The van der Waals surface area contributed by atoms with Crippen LogP contribution in [0.2, 0.25) is 0 Å². The summed E-state index contributed by atoms with van der Waals surface area (Å²) < 4.78 is 46.1. The molecule has 0 saturated carbocycles. The van der Waals surface area contributed by atoms with E-state index in [0.717, 1.165) is 24.3 Å². The van der Waals surface area contributed by atoms with Crippen molar-refractivity contribution in [1.29, 1.82) is 0 Å². The van der Waals surface area contributed by atoms with E-state index in [1.54, 1.807) is 13.8 Å². The van der Waals surface area contributed by atoms with Crippen molar-refractivity contribution in [2.45, 2.75) is 19.9 Å². The first-order valence-corrected chi connectivity index (χ1v) is 8.14. The maximum absolute atomic E-state index is 13.8. The van der Waals surface area contributed by atoms with Crippen LogP contribution in [0.25, 0.3) is 0 Å². The highest BCUT2D eigenvalue weighted by atomic mass is 19.1. The van der Waals surface area contributed by atoms with Gasteiger partial charge in [0.15, 0.2) is 11.6 Å². The number of nitrogens with one attached hydrogen (secondary N) is 2. The van der Waals surface area contributed by atoms with Crippen molar-refractivity contribution in [3.05, 3.63) is 59.4 Å². The molecule has 0 bridgehead atoms. The number of carbonyl (C=O) groups excluding carboxylic acids is 2. The van der Waals surface area contributed by atoms with Crippen LogP contribution >= 0.6 is 0 Å². The molecule has 2 aromatic carbocycles. The quantitative estimate of drug-likeness (QED) is 0.806. The predicted molar refractivity (Wildman–Crippen MR) is 94.0 cm³/mol. The maximum atomic E-state index is 13.8. The Morgan fingerprint density at radius 1 is 1.00 bits per heavy atom. The van der Waals surface area contributed by atoms with Gasteiger partial charge in [0.1, 0.15) is 23.2 Å². The van der Waals surface area contributed by atoms with Crippen molar-refractivity contribution in [2.24, 2.45) is 5.92 Å². The van der Waals surface area contributed by atoms with E-state index in [-0.39, 0.29) is 11.4 Å². The van der Waals surface area contributed by atoms with Crippen LogP contribution in [0.5, 0.6) is 5.75 Å². The standard InChI is InChI=1S/C19H19F3N2O3/c1-10(2)17(24-18(25)16-12(20)5-4-6-13(16)21)19(26)23-11-7-8-15(27-3)14(22)9-11/h4-10,17H,1-3H3,(H,23,26)(H,24,25). The Balaban J connectivity index is 2.18. The van der Waals surface area contributed by atoms with Crippen molar-refractivity contribution in [2.75, 3.05) is 12.4 Å². The SMILES string of the molecule is COc1ccc(NC(=O)C(NC(=O)c2c(F)cccc2F)C(C)C)cc1F. The van der Waals surface area contributed by atoms with Crippen LogP contribution in [0.15, 0.2) is 36.4 Å². The minimum atomic E-state index is -1.10. The summed E-state index contributed by atoms with van der Waals surface area (Å²) in [6, 6.07) is 5.75. The molecular weight excluding hydrogens is 361 g/mol. The number of anilines is 1. The van der Waals surface area contributed by atoms with E-state index >= 15 is 0 Å². The Morgan fingerprint density at radius 2 is 1.63 bits per heavy atom. The molecule has 0 aliphatic rings. The lowest BCUT2D eigenvalue weighted by molar-refractivity contribution is -0.118. The lowest BCUT2D eigenvalue weighted by Gasteiger charge is -2.22. The molecule has 5 nitrogen and oxygen atoms in total. The number of benzene rings is 2. The molecular formula is C19H19F3N2O3. The van der Waals surface area contributed by atoms with Crippen LogP contribution in [0.3, 0.4) is 0 Å². The molecule has 0 aromatic heterocycles. The predicted octanol–water partition coefficient (Wildman–Crippen LogP) is 3.51. The van der Waals surface area contributed by atoms with Crippen LogP contribution in [-0.2, 0) is 4.79 Å². The van der Waals surface area contributed by atoms with Crippen LogP contribution < -0.4 is 15.4 Å². The highest BCUT2D eigenvalue weighted by molar-refractivity contribution is 6.01. The lowest BCUT2D eigenvalue weighted by atomic mass is 10.0. The molecule has 0 heterocycles. The summed E-state index contributed by atoms with van der Waals surface area (Å²) in [4.78, 5) is 24.7. The second-order valence-electron chi connectivity index (χ2n) is 6.13. The van der Waals surface area contributed by atoms with Gasteiger partial charge in [-0.05, 0) is 30.2 Å². The summed E-state index contributed by atoms with van der Waals surface area (Å²) in [5.74, 6) is -4.84. The van der Waals surface area contributed by atoms with E-state index in [9.17, 15) is 22.8 Å². The van der Waals surface area contributed by atoms with E-state index in [2.05, 4.69) is 10.6 Å². The molecule has 144 valence electrons. The van der Waals surface area contributed by atoms with Crippen molar-refractivity contribution in [3.8, 4) is 5.75 Å². The second-order valence-corrected chi connectivity index (χ2v) is 6.13. The minimum Gasteiger partial charge on any atom is -0.494 e. The van der Waals surface area contributed by atoms with Crippen LogP contribution in [0.1, 0.15) is 24.2 Å². The fourth-order valence-electron chi connectivity index (χ4n) is 2.43. The zero-order chi connectivity index (χ0) is 20.1. The van der Waals surface area contributed by atoms with Crippen LogP contribution in [0.4, 0.5) is 18.9 Å². The minimum absolute atomic E-state index is 0.0109. The molecule has 0 spiro atoms. The average Bonchev–Trinajstić information content (AvgIpc) is 2.59. The molecule has 0 aliphatic carbocycles. The summed E-state index contributed by atoms with van der Waals surface area (Å²) in [6.45, 7) is 3.30. The summed E-state index contributed by atoms with van der Waals surface area (Å²) in [5.41, 5.74) is -0.623. The molecule has 1 unspecified atom stereocenters. The molecule has 27 heavy (non-hydrogen) atoms. The Hall–Kier alpha value is -3.03. The van der Waals surface area contributed by atoms with Gasteiger partial charge in [0.2, 0.25) is 5.91 Å². The molecule has 0 radical (unpaired) electrons. The van der Waals surface area contributed by atoms with Gasteiger partial charge in [-0.2, -0.15) is 0 Å². The van der Waals surface area contributed by atoms with Gasteiger partial charge in [0.05, 0.1) is 7.11 Å². The Bertz CT molecular complexity index is 836. The van der Waals surface area contributed by atoms with Gasteiger partial charge in [0.25, 0.3) is 5.91 Å². The first kappa shape index (κ1) is 20.3. The van der Waals surface area contributed by atoms with Gasteiger partial charge in [-0.25, -0.2) is 13.2 Å². The first-order valence-electron chi connectivity index (χ1n) is 8.14. The molecule has 2 aromatic rings. The van der Waals surface area contributed by atoms with Crippen molar-refractivity contribution in [1.82, 2.24) is 5.32 Å². The fraction of sp³-hybridized carbons (Fsp3) is 0.263.